The molecule has 1 saturated carbocycles. The van der Waals surface area contributed by atoms with Crippen molar-refractivity contribution in [3.8, 4) is 5.88 Å². The van der Waals surface area contributed by atoms with Gasteiger partial charge < -0.3 is 14.0 Å². The molecule has 1 aromatic rings. The molecule has 2 aliphatic rings. The minimum atomic E-state index is -0.471. The second kappa shape index (κ2) is 4.68. The largest absolute Gasteiger partial charge is 0.502 e. The smallest absolute Gasteiger partial charge is 0.481 e. The van der Waals surface area contributed by atoms with Gasteiger partial charge in [-0.2, -0.15) is 4.98 Å². The molecule has 3 rings (SSSR count). The third-order valence-electron chi connectivity index (χ3n) is 4.70. The maximum atomic E-state index is 6.17. The van der Waals surface area contributed by atoms with Gasteiger partial charge in [-0.05, 0) is 47.5 Å². The Balaban J connectivity index is 2.06. The van der Waals surface area contributed by atoms with E-state index in [1.54, 1.807) is 7.11 Å². The second-order valence-corrected chi connectivity index (χ2v) is 6.94. The molecule has 0 spiro atoms. The first-order chi connectivity index (χ1) is 9.75. The highest BCUT2D eigenvalue weighted by Gasteiger charge is 2.54. The van der Waals surface area contributed by atoms with Gasteiger partial charge in [-0.3, -0.25) is 0 Å². The number of rotatable bonds is 3. The van der Waals surface area contributed by atoms with Crippen molar-refractivity contribution in [1.82, 2.24) is 9.97 Å². The summed E-state index contributed by atoms with van der Waals surface area (Å²) in [6, 6.07) is 0. The minimum Gasteiger partial charge on any atom is -0.481 e. The Morgan fingerprint density at radius 2 is 1.67 bits per heavy atom. The predicted octanol–water partition coefficient (Wildman–Crippen LogP) is 1.97. The average molecular weight is 290 g/mol. The van der Waals surface area contributed by atoms with Crippen LogP contribution in [0.4, 0.5) is 0 Å². The van der Waals surface area contributed by atoms with E-state index in [0.29, 0.717) is 11.8 Å². The SMILES string of the molecule is COc1nc(C)nc(C2CC2)c1B1OC(C)(C)C(C)(C)O1. The van der Waals surface area contributed by atoms with Gasteiger partial charge in [-0.1, -0.05) is 0 Å². The first-order valence-electron chi connectivity index (χ1n) is 7.53. The molecule has 0 radical (unpaired) electrons. The van der Waals surface area contributed by atoms with E-state index in [9.17, 15) is 0 Å². The van der Waals surface area contributed by atoms with Crippen LogP contribution in [-0.2, 0) is 9.31 Å². The van der Waals surface area contributed by atoms with E-state index in [1.165, 1.54) is 0 Å². The van der Waals surface area contributed by atoms with E-state index in [1.807, 2.05) is 34.6 Å². The zero-order valence-electron chi connectivity index (χ0n) is 13.7. The first-order valence-corrected chi connectivity index (χ1v) is 7.53. The van der Waals surface area contributed by atoms with Crippen LogP contribution in [0.3, 0.4) is 0 Å². The highest BCUT2D eigenvalue weighted by atomic mass is 16.7. The normalized spacial score (nSPS) is 23.4. The lowest BCUT2D eigenvalue weighted by atomic mass is 9.77. The zero-order valence-corrected chi connectivity index (χ0v) is 13.7. The predicted molar refractivity (Wildman–Crippen MR) is 81.0 cm³/mol. The fourth-order valence-corrected chi connectivity index (χ4v) is 2.58. The molecule has 2 heterocycles. The Labute approximate surface area is 126 Å². The van der Waals surface area contributed by atoms with Crippen molar-refractivity contribution in [1.29, 1.82) is 0 Å². The number of nitrogens with zero attached hydrogens (tertiary/aromatic N) is 2. The van der Waals surface area contributed by atoms with Crippen LogP contribution in [0.5, 0.6) is 5.88 Å². The fraction of sp³-hybridized carbons (Fsp3) is 0.733. The molecule has 0 amide bonds. The van der Waals surface area contributed by atoms with Crippen molar-refractivity contribution in [2.75, 3.05) is 7.11 Å². The summed E-state index contributed by atoms with van der Waals surface area (Å²) in [4.78, 5) is 9.04. The molecule has 0 aromatic carbocycles. The molecule has 21 heavy (non-hydrogen) atoms. The summed E-state index contributed by atoms with van der Waals surface area (Å²) in [5.74, 6) is 1.78. The van der Waals surface area contributed by atoms with Crippen molar-refractivity contribution in [2.45, 2.75) is 64.6 Å². The van der Waals surface area contributed by atoms with E-state index >= 15 is 0 Å². The lowest BCUT2D eigenvalue weighted by Crippen LogP contribution is -2.41. The molecule has 0 N–H and O–H groups in total. The molecule has 0 bridgehead atoms. The Hall–Kier alpha value is -1.14. The van der Waals surface area contributed by atoms with E-state index in [4.69, 9.17) is 14.0 Å². The monoisotopic (exact) mass is 290 g/mol. The van der Waals surface area contributed by atoms with Crippen LogP contribution < -0.4 is 10.2 Å². The summed E-state index contributed by atoms with van der Waals surface area (Å²) >= 11 is 0. The highest BCUT2D eigenvalue weighted by molar-refractivity contribution is 6.63. The van der Waals surface area contributed by atoms with Gasteiger partial charge in [0.1, 0.15) is 5.82 Å². The molecule has 1 saturated heterocycles. The molecule has 0 atom stereocenters. The molecule has 1 aliphatic heterocycles. The van der Waals surface area contributed by atoms with Gasteiger partial charge in [0, 0.05) is 5.92 Å². The van der Waals surface area contributed by atoms with Crippen LogP contribution in [0, 0.1) is 6.92 Å². The van der Waals surface area contributed by atoms with Gasteiger partial charge in [-0.15, -0.1) is 0 Å². The molecule has 1 aromatic heterocycles. The highest BCUT2D eigenvalue weighted by Crippen LogP contribution is 2.42. The third kappa shape index (κ3) is 2.44. The van der Waals surface area contributed by atoms with Crippen molar-refractivity contribution in [2.24, 2.45) is 0 Å². The lowest BCUT2D eigenvalue weighted by molar-refractivity contribution is 0.00578. The first kappa shape index (κ1) is 14.8. The number of ether oxygens (including phenoxy) is 1. The van der Waals surface area contributed by atoms with Crippen molar-refractivity contribution in [3.63, 3.8) is 0 Å². The van der Waals surface area contributed by atoms with E-state index < -0.39 is 7.12 Å². The molecular formula is C15H23BN2O3. The van der Waals surface area contributed by atoms with Crippen LogP contribution in [0.2, 0.25) is 0 Å². The number of hydrogen-bond acceptors (Lipinski definition) is 5. The van der Waals surface area contributed by atoms with E-state index in [0.717, 1.165) is 29.8 Å². The third-order valence-corrected chi connectivity index (χ3v) is 4.70. The van der Waals surface area contributed by atoms with E-state index in [-0.39, 0.29) is 11.2 Å². The molecule has 0 unspecified atom stereocenters. The van der Waals surface area contributed by atoms with E-state index in [2.05, 4.69) is 9.97 Å². The molecule has 2 fully saturated rings. The van der Waals surface area contributed by atoms with Gasteiger partial charge in [0.15, 0.2) is 0 Å². The minimum absolute atomic E-state index is 0.381. The van der Waals surface area contributed by atoms with Crippen molar-refractivity contribution < 1.29 is 14.0 Å². The number of aryl methyl sites for hydroxylation is 1. The quantitative estimate of drug-likeness (QED) is 0.797. The van der Waals surface area contributed by atoms with Gasteiger partial charge in [0.05, 0.1) is 29.5 Å². The maximum Gasteiger partial charge on any atom is 0.502 e. The molecular weight excluding hydrogens is 267 g/mol. The van der Waals surface area contributed by atoms with Gasteiger partial charge >= 0.3 is 7.12 Å². The summed E-state index contributed by atoms with van der Waals surface area (Å²) in [6.45, 7) is 10.1. The fourth-order valence-electron chi connectivity index (χ4n) is 2.58. The standard InChI is InChI=1S/C15H23BN2O3/c1-9-17-12(10-7-8-10)11(13(18-9)19-6)16-20-14(2,3)15(4,5)21-16/h10H,7-8H2,1-6H3. The van der Waals surface area contributed by atoms with Crippen LogP contribution >= 0.6 is 0 Å². The average Bonchev–Trinajstić information content (AvgIpc) is 3.16. The van der Waals surface area contributed by atoms with Crippen molar-refractivity contribution >= 4 is 12.6 Å². The zero-order chi connectivity index (χ0) is 15.4. The van der Waals surface area contributed by atoms with Crippen LogP contribution in [-0.4, -0.2) is 35.4 Å². The Morgan fingerprint density at radius 3 is 2.14 bits per heavy atom. The second-order valence-electron chi connectivity index (χ2n) is 6.94. The number of aromatic nitrogens is 2. The van der Waals surface area contributed by atoms with Crippen LogP contribution in [0.25, 0.3) is 0 Å². The van der Waals surface area contributed by atoms with Crippen molar-refractivity contribution in [3.05, 3.63) is 11.5 Å². The summed E-state index contributed by atoms with van der Waals surface area (Å²) in [5, 5.41) is 0. The van der Waals surface area contributed by atoms with Gasteiger partial charge in [0.2, 0.25) is 5.88 Å². The lowest BCUT2D eigenvalue weighted by Gasteiger charge is -2.32. The number of hydrogen-bond donors (Lipinski definition) is 0. The van der Waals surface area contributed by atoms with Gasteiger partial charge in [-0.25, -0.2) is 4.98 Å². The summed E-state index contributed by atoms with van der Waals surface area (Å²) in [6.07, 6.45) is 2.32. The Bertz CT molecular complexity index is 554. The summed E-state index contributed by atoms with van der Waals surface area (Å²) in [7, 11) is 1.16. The molecule has 1 aliphatic carbocycles. The molecule has 114 valence electrons. The number of methoxy groups -OCH3 is 1. The topological polar surface area (TPSA) is 53.5 Å². The van der Waals surface area contributed by atoms with Crippen LogP contribution in [0.1, 0.15) is 58.0 Å². The molecule has 6 heteroatoms. The maximum absolute atomic E-state index is 6.17. The molecule has 5 nitrogen and oxygen atoms in total. The Morgan fingerprint density at radius 1 is 1.10 bits per heavy atom. The van der Waals surface area contributed by atoms with Gasteiger partial charge in [0.25, 0.3) is 0 Å². The Kier molecular flexibility index (Phi) is 3.30. The summed E-state index contributed by atoms with van der Waals surface area (Å²) < 4.78 is 17.8. The summed E-state index contributed by atoms with van der Waals surface area (Å²) in [5.41, 5.74) is 1.13. The van der Waals surface area contributed by atoms with Crippen LogP contribution in [0.15, 0.2) is 0 Å².